The number of nitrogens with zero attached hydrogens (tertiary/aromatic N) is 1. The van der Waals surface area contributed by atoms with E-state index in [1.165, 1.54) is 21.3 Å². The zero-order chi connectivity index (χ0) is 15.1. The Morgan fingerprint density at radius 2 is 1.95 bits per heavy atom. The number of fused-ring (bicyclic) bond motifs is 1. The zero-order valence-corrected chi connectivity index (χ0v) is 13.8. The summed E-state index contributed by atoms with van der Waals surface area (Å²) in [5, 5.41) is 0. The van der Waals surface area contributed by atoms with Crippen LogP contribution in [0.3, 0.4) is 0 Å². The van der Waals surface area contributed by atoms with Gasteiger partial charge in [0.05, 0.1) is 10.3 Å². The van der Waals surface area contributed by atoms with Crippen molar-refractivity contribution in [2.75, 3.05) is 0 Å². The minimum Gasteiger partial charge on any atom is -0.408 e. The van der Waals surface area contributed by atoms with Crippen LogP contribution in [0.5, 0.6) is 0 Å². The van der Waals surface area contributed by atoms with E-state index in [4.69, 9.17) is 4.42 Å². The predicted octanol–water partition coefficient (Wildman–Crippen LogP) is 4.23. The first-order chi connectivity index (χ1) is 9.99. The molecule has 1 aromatic heterocycles. The van der Waals surface area contributed by atoms with Gasteiger partial charge in [-0.15, -0.1) is 0 Å². The molecule has 0 aliphatic rings. The van der Waals surface area contributed by atoms with Crippen molar-refractivity contribution in [3.63, 3.8) is 0 Å². The van der Waals surface area contributed by atoms with Crippen LogP contribution in [0.1, 0.15) is 27.1 Å². The molecule has 4 heteroatoms. The standard InChI is InChI=1S/C17H16BrNO2/c1-10-5-4-6-13(11(10)2)16(18)12-7-8-14-15(9-12)21-17(20)19(14)3/h4-9,16H,1-3H3. The normalized spacial score (nSPS) is 12.8. The molecule has 108 valence electrons. The lowest BCUT2D eigenvalue weighted by Crippen LogP contribution is -2.08. The van der Waals surface area contributed by atoms with E-state index < -0.39 is 0 Å². The summed E-state index contributed by atoms with van der Waals surface area (Å²) in [6, 6.07) is 12.2. The van der Waals surface area contributed by atoms with Gasteiger partial charge in [0.1, 0.15) is 0 Å². The first-order valence-corrected chi connectivity index (χ1v) is 7.70. The highest BCUT2D eigenvalue weighted by Gasteiger charge is 2.15. The van der Waals surface area contributed by atoms with E-state index in [-0.39, 0.29) is 10.6 Å². The monoisotopic (exact) mass is 345 g/mol. The molecule has 3 nitrogen and oxygen atoms in total. The summed E-state index contributed by atoms with van der Waals surface area (Å²) in [6.07, 6.45) is 0. The largest absolute Gasteiger partial charge is 0.419 e. The third kappa shape index (κ3) is 2.33. The molecule has 0 bridgehead atoms. The van der Waals surface area contributed by atoms with Crippen molar-refractivity contribution in [3.05, 3.63) is 69.2 Å². The van der Waals surface area contributed by atoms with Gasteiger partial charge in [0.2, 0.25) is 0 Å². The van der Waals surface area contributed by atoms with Gasteiger partial charge in [0.15, 0.2) is 5.58 Å². The maximum Gasteiger partial charge on any atom is 0.419 e. The summed E-state index contributed by atoms with van der Waals surface area (Å²) in [4.78, 5) is 11.6. The van der Waals surface area contributed by atoms with Crippen molar-refractivity contribution in [3.8, 4) is 0 Å². The van der Waals surface area contributed by atoms with Crippen LogP contribution < -0.4 is 5.76 Å². The lowest BCUT2D eigenvalue weighted by molar-refractivity contribution is 0.528. The number of halogens is 1. The van der Waals surface area contributed by atoms with Crippen LogP contribution >= 0.6 is 15.9 Å². The average molecular weight is 346 g/mol. The number of oxazole rings is 1. The summed E-state index contributed by atoms with van der Waals surface area (Å²) in [6.45, 7) is 4.23. The predicted molar refractivity (Wildman–Crippen MR) is 88.1 cm³/mol. The first-order valence-electron chi connectivity index (χ1n) is 6.78. The SMILES string of the molecule is Cc1cccc(C(Br)c2ccc3c(c2)oc(=O)n3C)c1C. The van der Waals surface area contributed by atoms with E-state index >= 15 is 0 Å². The number of hydrogen-bond acceptors (Lipinski definition) is 2. The van der Waals surface area contributed by atoms with Crippen LogP contribution in [0.4, 0.5) is 0 Å². The molecule has 0 aliphatic carbocycles. The second-order valence-corrected chi connectivity index (χ2v) is 6.22. The van der Waals surface area contributed by atoms with E-state index in [9.17, 15) is 4.79 Å². The molecule has 0 aliphatic heterocycles. The first kappa shape index (κ1) is 14.1. The Kier molecular flexibility index (Phi) is 3.49. The highest BCUT2D eigenvalue weighted by Crippen LogP contribution is 2.34. The van der Waals surface area contributed by atoms with Gasteiger partial charge in [-0.25, -0.2) is 4.79 Å². The van der Waals surface area contributed by atoms with Gasteiger partial charge < -0.3 is 4.42 Å². The van der Waals surface area contributed by atoms with Crippen molar-refractivity contribution in [2.24, 2.45) is 7.05 Å². The van der Waals surface area contributed by atoms with Gasteiger partial charge >= 0.3 is 5.76 Å². The van der Waals surface area contributed by atoms with Crippen LogP contribution in [-0.4, -0.2) is 4.57 Å². The quantitative estimate of drug-likeness (QED) is 0.651. The number of aryl methyl sites for hydroxylation is 2. The van der Waals surface area contributed by atoms with Gasteiger partial charge in [0.25, 0.3) is 0 Å². The van der Waals surface area contributed by atoms with Crippen LogP contribution in [0, 0.1) is 13.8 Å². The zero-order valence-electron chi connectivity index (χ0n) is 12.2. The molecule has 3 rings (SSSR count). The Bertz CT molecular complexity index is 876. The average Bonchev–Trinajstić information content (AvgIpc) is 2.76. The van der Waals surface area contributed by atoms with E-state index in [1.807, 2.05) is 18.2 Å². The molecular weight excluding hydrogens is 330 g/mol. The fraction of sp³-hybridized carbons (Fsp3) is 0.235. The van der Waals surface area contributed by atoms with E-state index in [0.29, 0.717) is 5.58 Å². The smallest absolute Gasteiger partial charge is 0.408 e. The van der Waals surface area contributed by atoms with Crippen LogP contribution in [0.25, 0.3) is 11.1 Å². The lowest BCUT2D eigenvalue weighted by Gasteiger charge is -2.15. The van der Waals surface area contributed by atoms with Gasteiger partial charge in [-0.2, -0.15) is 0 Å². The Labute approximate surface area is 131 Å². The van der Waals surface area contributed by atoms with Gasteiger partial charge in [-0.3, -0.25) is 4.57 Å². The Morgan fingerprint density at radius 3 is 2.71 bits per heavy atom. The van der Waals surface area contributed by atoms with Crippen molar-refractivity contribution >= 4 is 27.0 Å². The van der Waals surface area contributed by atoms with Gasteiger partial charge in [-0.05, 0) is 48.2 Å². The molecule has 0 N–H and O–H groups in total. The Balaban J connectivity index is 2.11. The number of benzene rings is 2. The van der Waals surface area contributed by atoms with E-state index in [1.54, 1.807) is 7.05 Å². The summed E-state index contributed by atoms with van der Waals surface area (Å²) in [7, 11) is 1.71. The molecule has 1 atom stereocenters. The van der Waals surface area contributed by atoms with Gasteiger partial charge in [-0.1, -0.05) is 40.2 Å². The molecule has 0 fully saturated rings. The fourth-order valence-corrected chi connectivity index (χ4v) is 3.32. The highest BCUT2D eigenvalue weighted by molar-refractivity contribution is 9.09. The molecule has 0 spiro atoms. The number of alkyl halides is 1. The minimum atomic E-state index is -0.333. The third-order valence-corrected chi connectivity index (χ3v) is 5.05. The molecule has 0 amide bonds. The lowest BCUT2D eigenvalue weighted by atomic mass is 9.97. The molecular formula is C17H16BrNO2. The second-order valence-electron chi connectivity index (χ2n) is 5.31. The topological polar surface area (TPSA) is 35.1 Å². The fourth-order valence-electron chi connectivity index (χ4n) is 2.54. The molecule has 21 heavy (non-hydrogen) atoms. The van der Waals surface area contributed by atoms with Crippen molar-refractivity contribution in [1.82, 2.24) is 4.57 Å². The van der Waals surface area contributed by atoms with Crippen LogP contribution in [0.2, 0.25) is 0 Å². The summed E-state index contributed by atoms with van der Waals surface area (Å²) >= 11 is 3.76. The number of rotatable bonds is 2. The molecule has 0 saturated heterocycles. The molecule has 0 radical (unpaired) electrons. The van der Waals surface area contributed by atoms with Crippen molar-refractivity contribution < 1.29 is 4.42 Å². The molecule has 3 aromatic rings. The van der Waals surface area contributed by atoms with Gasteiger partial charge in [0, 0.05) is 7.05 Å². The molecule has 1 heterocycles. The summed E-state index contributed by atoms with van der Waals surface area (Å²) in [5.74, 6) is -0.333. The van der Waals surface area contributed by atoms with Crippen molar-refractivity contribution in [1.29, 1.82) is 0 Å². The van der Waals surface area contributed by atoms with Crippen molar-refractivity contribution in [2.45, 2.75) is 18.7 Å². The maximum absolute atomic E-state index is 11.6. The van der Waals surface area contributed by atoms with Crippen LogP contribution in [0.15, 0.2) is 45.6 Å². The minimum absolute atomic E-state index is 0.0762. The number of aromatic nitrogens is 1. The summed E-state index contributed by atoms with van der Waals surface area (Å²) < 4.78 is 6.78. The van der Waals surface area contributed by atoms with Crippen LogP contribution in [-0.2, 0) is 7.05 Å². The second kappa shape index (κ2) is 5.19. The maximum atomic E-state index is 11.6. The highest BCUT2D eigenvalue weighted by atomic mass is 79.9. The molecule has 1 unspecified atom stereocenters. The molecule has 2 aromatic carbocycles. The Hall–Kier alpha value is -1.81. The third-order valence-electron chi connectivity index (χ3n) is 4.03. The summed E-state index contributed by atoms with van der Waals surface area (Å²) in [5.41, 5.74) is 6.27. The van der Waals surface area contributed by atoms with E-state index in [0.717, 1.165) is 11.1 Å². The van der Waals surface area contributed by atoms with E-state index in [2.05, 4.69) is 48.0 Å². The Morgan fingerprint density at radius 1 is 1.19 bits per heavy atom. The number of hydrogen-bond donors (Lipinski definition) is 0. The molecule has 0 saturated carbocycles.